The molecule has 3 rings (SSSR count). The number of carbonyl (C=O) groups excluding carboxylic acids is 1. The molecule has 1 saturated carbocycles. The van der Waals surface area contributed by atoms with Gasteiger partial charge < -0.3 is 15.3 Å². The molecule has 0 bridgehead atoms. The third-order valence-electron chi connectivity index (χ3n) is 4.61. The first-order valence-corrected chi connectivity index (χ1v) is 7.97. The zero-order chi connectivity index (χ0) is 14.8. The van der Waals surface area contributed by atoms with E-state index in [1.165, 1.54) is 5.56 Å². The van der Waals surface area contributed by atoms with Crippen molar-refractivity contribution in [1.29, 1.82) is 0 Å². The molecule has 1 heterocycles. The van der Waals surface area contributed by atoms with Crippen molar-refractivity contribution in [1.82, 2.24) is 10.2 Å². The fourth-order valence-corrected chi connectivity index (χ4v) is 3.07. The van der Waals surface area contributed by atoms with E-state index in [4.69, 9.17) is 0 Å². The summed E-state index contributed by atoms with van der Waals surface area (Å²) < 4.78 is 0. The third-order valence-corrected chi connectivity index (χ3v) is 4.61. The van der Waals surface area contributed by atoms with Gasteiger partial charge in [0.15, 0.2) is 0 Å². The molecule has 0 radical (unpaired) electrons. The monoisotopic (exact) mass is 288 g/mol. The van der Waals surface area contributed by atoms with Crippen molar-refractivity contribution in [2.24, 2.45) is 5.92 Å². The van der Waals surface area contributed by atoms with Gasteiger partial charge in [-0.2, -0.15) is 0 Å². The largest absolute Gasteiger partial charge is 0.508 e. The Morgan fingerprint density at radius 3 is 2.38 bits per heavy atom. The van der Waals surface area contributed by atoms with Gasteiger partial charge in [0.25, 0.3) is 0 Å². The molecular formula is C17H24N2O2. The summed E-state index contributed by atoms with van der Waals surface area (Å²) in [7, 11) is 0. The van der Waals surface area contributed by atoms with E-state index in [9.17, 15) is 9.90 Å². The Morgan fingerprint density at radius 1 is 1.19 bits per heavy atom. The zero-order valence-corrected chi connectivity index (χ0v) is 12.6. The number of phenolic OH excluding ortho intramolecular Hbond substituents is 1. The highest BCUT2D eigenvalue weighted by atomic mass is 16.3. The van der Waals surface area contributed by atoms with Crippen LogP contribution < -0.4 is 5.32 Å². The lowest BCUT2D eigenvalue weighted by molar-refractivity contribution is -0.133. The minimum absolute atomic E-state index is 0.265. The fraction of sp³-hybridized carbons (Fsp3) is 0.588. The Labute approximate surface area is 126 Å². The topological polar surface area (TPSA) is 52.6 Å². The first-order valence-electron chi connectivity index (χ1n) is 7.97. The Balaban J connectivity index is 1.48. The molecule has 114 valence electrons. The van der Waals surface area contributed by atoms with E-state index < -0.39 is 0 Å². The van der Waals surface area contributed by atoms with Crippen molar-refractivity contribution in [3.05, 3.63) is 29.8 Å². The molecule has 2 fully saturated rings. The smallest absolute Gasteiger partial charge is 0.225 e. The summed E-state index contributed by atoms with van der Waals surface area (Å²) in [5.41, 5.74) is 1.18. The molecule has 1 saturated heterocycles. The molecule has 0 aromatic heterocycles. The number of benzene rings is 1. The van der Waals surface area contributed by atoms with E-state index in [1.807, 2.05) is 17.0 Å². The molecule has 1 unspecified atom stereocenters. The molecule has 4 nitrogen and oxygen atoms in total. The van der Waals surface area contributed by atoms with Gasteiger partial charge in [-0.15, -0.1) is 0 Å². The van der Waals surface area contributed by atoms with Crippen LogP contribution in [0.3, 0.4) is 0 Å². The number of hydrogen-bond acceptors (Lipinski definition) is 3. The van der Waals surface area contributed by atoms with Crippen LogP contribution in [0, 0.1) is 5.92 Å². The number of aromatic hydroxyl groups is 1. The Kier molecular flexibility index (Phi) is 4.15. The van der Waals surface area contributed by atoms with E-state index in [0.717, 1.165) is 38.8 Å². The molecule has 2 N–H and O–H groups in total. The number of phenols is 1. The van der Waals surface area contributed by atoms with Crippen LogP contribution in [0.5, 0.6) is 5.75 Å². The van der Waals surface area contributed by atoms with Gasteiger partial charge in [0.1, 0.15) is 5.75 Å². The van der Waals surface area contributed by atoms with Gasteiger partial charge in [-0.1, -0.05) is 12.1 Å². The van der Waals surface area contributed by atoms with Gasteiger partial charge in [0, 0.05) is 31.1 Å². The van der Waals surface area contributed by atoms with Crippen molar-refractivity contribution in [3.8, 4) is 5.75 Å². The minimum Gasteiger partial charge on any atom is -0.508 e. The van der Waals surface area contributed by atoms with Gasteiger partial charge >= 0.3 is 0 Å². The second kappa shape index (κ2) is 6.06. The van der Waals surface area contributed by atoms with Crippen LogP contribution in [0.2, 0.25) is 0 Å². The van der Waals surface area contributed by atoms with Crippen molar-refractivity contribution in [2.45, 2.75) is 44.7 Å². The number of piperidine rings is 1. The van der Waals surface area contributed by atoms with E-state index in [0.29, 0.717) is 23.6 Å². The van der Waals surface area contributed by atoms with Crippen LogP contribution in [-0.4, -0.2) is 35.0 Å². The SMILES string of the molecule is CC(NC1CCN(C(=O)C2CC2)CC1)c1ccc(O)cc1. The number of amides is 1. The fourth-order valence-electron chi connectivity index (χ4n) is 3.07. The Morgan fingerprint density at radius 2 is 1.81 bits per heavy atom. The number of nitrogens with one attached hydrogen (secondary N) is 1. The van der Waals surface area contributed by atoms with Crippen molar-refractivity contribution in [2.75, 3.05) is 13.1 Å². The molecule has 2 aliphatic rings. The lowest BCUT2D eigenvalue weighted by Gasteiger charge is -2.34. The first kappa shape index (κ1) is 14.4. The second-order valence-corrected chi connectivity index (χ2v) is 6.35. The number of carbonyl (C=O) groups is 1. The summed E-state index contributed by atoms with van der Waals surface area (Å²) in [4.78, 5) is 14.1. The van der Waals surface area contributed by atoms with Crippen LogP contribution in [0.1, 0.15) is 44.2 Å². The average Bonchev–Trinajstić information content (AvgIpc) is 3.32. The minimum atomic E-state index is 0.265. The summed E-state index contributed by atoms with van der Waals surface area (Å²) in [6.45, 7) is 3.92. The quantitative estimate of drug-likeness (QED) is 0.895. The van der Waals surface area contributed by atoms with Crippen LogP contribution in [-0.2, 0) is 4.79 Å². The van der Waals surface area contributed by atoms with Crippen LogP contribution in [0.25, 0.3) is 0 Å². The Bertz CT molecular complexity index is 488. The molecule has 1 aliphatic carbocycles. The van der Waals surface area contributed by atoms with E-state index in [-0.39, 0.29) is 6.04 Å². The zero-order valence-electron chi connectivity index (χ0n) is 12.6. The lowest BCUT2D eigenvalue weighted by atomic mass is 10.0. The number of hydrogen-bond donors (Lipinski definition) is 2. The summed E-state index contributed by atoms with van der Waals surface area (Å²) in [5.74, 6) is 1.02. The molecule has 4 heteroatoms. The first-order chi connectivity index (χ1) is 10.1. The number of likely N-dealkylation sites (tertiary alicyclic amines) is 1. The molecular weight excluding hydrogens is 264 g/mol. The summed E-state index contributed by atoms with van der Waals surface area (Å²) >= 11 is 0. The standard InChI is InChI=1S/C17H24N2O2/c1-12(13-4-6-16(20)7-5-13)18-15-8-10-19(11-9-15)17(21)14-2-3-14/h4-7,12,14-15,18,20H,2-3,8-11H2,1H3. The highest BCUT2D eigenvalue weighted by molar-refractivity contribution is 5.81. The van der Waals surface area contributed by atoms with E-state index >= 15 is 0 Å². The van der Waals surface area contributed by atoms with Crippen molar-refractivity contribution >= 4 is 5.91 Å². The summed E-state index contributed by atoms with van der Waals surface area (Å²) in [6, 6.07) is 8.10. The van der Waals surface area contributed by atoms with Crippen LogP contribution in [0.15, 0.2) is 24.3 Å². The highest BCUT2D eigenvalue weighted by Gasteiger charge is 2.34. The summed E-state index contributed by atoms with van der Waals surface area (Å²) in [6.07, 6.45) is 4.24. The molecule has 21 heavy (non-hydrogen) atoms. The second-order valence-electron chi connectivity index (χ2n) is 6.35. The maximum atomic E-state index is 12.0. The van der Waals surface area contributed by atoms with Crippen LogP contribution >= 0.6 is 0 Å². The lowest BCUT2D eigenvalue weighted by Crippen LogP contribution is -2.45. The van der Waals surface area contributed by atoms with Gasteiger partial charge in [-0.25, -0.2) is 0 Å². The predicted molar refractivity (Wildman–Crippen MR) is 82.0 cm³/mol. The molecule has 1 aliphatic heterocycles. The molecule has 0 spiro atoms. The normalized spacial score (nSPS) is 21.3. The maximum Gasteiger partial charge on any atom is 0.225 e. The van der Waals surface area contributed by atoms with Gasteiger partial charge in [0.05, 0.1) is 0 Å². The summed E-state index contributed by atoms with van der Waals surface area (Å²) in [5, 5.41) is 13.0. The molecule has 1 aromatic carbocycles. The molecule has 1 amide bonds. The number of rotatable bonds is 4. The Hall–Kier alpha value is -1.55. The van der Waals surface area contributed by atoms with Gasteiger partial charge in [-0.05, 0) is 50.3 Å². The van der Waals surface area contributed by atoms with Crippen molar-refractivity contribution in [3.63, 3.8) is 0 Å². The predicted octanol–water partition coefficient (Wildman–Crippen LogP) is 2.44. The number of nitrogens with zero attached hydrogens (tertiary/aromatic N) is 1. The van der Waals surface area contributed by atoms with Crippen molar-refractivity contribution < 1.29 is 9.90 Å². The van der Waals surface area contributed by atoms with Crippen LogP contribution in [0.4, 0.5) is 0 Å². The highest BCUT2D eigenvalue weighted by Crippen LogP contribution is 2.32. The molecule has 1 aromatic rings. The van der Waals surface area contributed by atoms with E-state index in [1.54, 1.807) is 12.1 Å². The van der Waals surface area contributed by atoms with Gasteiger partial charge in [0.2, 0.25) is 5.91 Å². The molecule has 1 atom stereocenters. The van der Waals surface area contributed by atoms with Gasteiger partial charge in [-0.3, -0.25) is 4.79 Å². The third kappa shape index (κ3) is 3.56. The average molecular weight is 288 g/mol. The van der Waals surface area contributed by atoms with E-state index in [2.05, 4.69) is 12.2 Å². The maximum absolute atomic E-state index is 12.0.